The predicted octanol–water partition coefficient (Wildman–Crippen LogP) is 1.65. The van der Waals surface area contributed by atoms with Crippen LogP contribution < -0.4 is 0 Å². The van der Waals surface area contributed by atoms with Gasteiger partial charge in [0.25, 0.3) is 5.91 Å². The van der Waals surface area contributed by atoms with Gasteiger partial charge < -0.3 is 14.4 Å². The Hall–Kier alpha value is -1.75. The normalized spacial score (nSPS) is 9.81. The molecular formula is C10H10ClNO4. The number of rotatable bonds is 5. The molecule has 1 N–H and O–H groups in total. The molecular weight excluding hydrogens is 234 g/mol. The Bertz CT molecular complexity index is 413. The minimum absolute atomic E-state index is 0.00750. The highest BCUT2D eigenvalue weighted by molar-refractivity contribution is 6.29. The molecule has 1 heterocycles. The molecule has 0 saturated heterocycles. The van der Waals surface area contributed by atoms with Gasteiger partial charge in [-0.05, 0) is 23.7 Å². The van der Waals surface area contributed by atoms with Crippen molar-refractivity contribution in [2.75, 3.05) is 13.1 Å². The quantitative estimate of drug-likeness (QED) is 0.798. The van der Waals surface area contributed by atoms with Crippen molar-refractivity contribution in [1.29, 1.82) is 0 Å². The van der Waals surface area contributed by atoms with E-state index in [9.17, 15) is 9.59 Å². The Labute approximate surface area is 96.9 Å². The van der Waals surface area contributed by atoms with Crippen LogP contribution in [0, 0.1) is 0 Å². The first-order valence-electron chi connectivity index (χ1n) is 4.42. The monoisotopic (exact) mass is 243 g/mol. The van der Waals surface area contributed by atoms with Crippen molar-refractivity contribution in [3.8, 4) is 0 Å². The summed E-state index contributed by atoms with van der Waals surface area (Å²) in [6.45, 7) is 3.16. The predicted molar refractivity (Wildman–Crippen MR) is 57.5 cm³/mol. The molecule has 0 saturated carbocycles. The van der Waals surface area contributed by atoms with E-state index in [0.29, 0.717) is 0 Å². The van der Waals surface area contributed by atoms with Gasteiger partial charge in [0, 0.05) is 6.54 Å². The summed E-state index contributed by atoms with van der Waals surface area (Å²) in [6, 6.07) is 2.81. The lowest BCUT2D eigenvalue weighted by molar-refractivity contribution is -0.137. The summed E-state index contributed by atoms with van der Waals surface area (Å²) >= 11 is 5.52. The van der Waals surface area contributed by atoms with Crippen LogP contribution in [0.25, 0.3) is 0 Å². The van der Waals surface area contributed by atoms with Crippen LogP contribution >= 0.6 is 11.6 Å². The molecule has 1 amide bonds. The number of carbonyl (C=O) groups is 2. The van der Waals surface area contributed by atoms with Crippen LogP contribution in [0.4, 0.5) is 0 Å². The number of carbonyl (C=O) groups excluding carboxylic acids is 1. The Morgan fingerprint density at radius 3 is 2.69 bits per heavy atom. The van der Waals surface area contributed by atoms with Crippen LogP contribution in [-0.2, 0) is 4.79 Å². The molecule has 6 heteroatoms. The minimum Gasteiger partial charge on any atom is -0.480 e. The molecule has 86 valence electrons. The first-order chi connectivity index (χ1) is 7.54. The minimum atomic E-state index is -1.10. The molecule has 0 spiro atoms. The summed E-state index contributed by atoms with van der Waals surface area (Å²) in [4.78, 5) is 23.4. The van der Waals surface area contributed by atoms with Gasteiger partial charge in [-0.15, -0.1) is 6.58 Å². The Morgan fingerprint density at radius 2 is 2.25 bits per heavy atom. The van der Waals surface area contributed by atoms with Crippen molar-refractivity contribution in [1.82, 2.24) is 4.90 Å². The number of halogens is 1. The molecule has 16 heavy (non-hydrogen) atoms. The van der Waals surface area contributed by atoms with E-state index >= 15 is 0 Å². The van der Waals surface area contributed by atoms with E-state index in [0.717, 1.165) is 4.90 Å². The number of carboxylic acid groups (broad SMARTS) is 1. The van der Waals surface area contributed by atoms with Crippen molar-refractivity contribution in [2.45, 2.75) is 0 Å². The third-order valence-electron chi connectivity index (χ3n) is 1.75. The molecule has 0 aliphatic carbocycles. The molecule has 0 atom stereocenters. The van der Waals surface area contributed by atoms with E-state index in [1.54, 1.807) is 0 Å². The third-order valence-corrected chi connectivity index (χ3v) is 1.95. The summed E-state index contributed by atoms with van der Waals surface area (Å²) < 4.78 is 4.90. The lowest BCUT2D eigenvalue weighted by Crippen LogP contribution is -2.35. The second kappa shape index (κ2) is 5.37. The van der Waals surface area contributed by atoms with E-state index in [2.05, 4.69) is 6.58 Å². The zero-order chi connectivity index (χ0) is 12.1. The number of nitrogens with zero attached hydrogens (tertiary/aromatic N) is 1. The highest BCUT2D eigenvalue weighted by Crippen LogP contribution is 2.14. The van der Waals surface area contributed by atoms with Crippen LogP contribution in [0.5, 0.6) is 0 Å². The first kappa shape index (κ1) is 12.3. The summed E-state index contributed by atoms with van der Waals surface area (Å²) in [7, 11) is 0. The summed E-state index contributed by atoms with van der Waals surface area (Å²) in [5.41, 5.74) is 0. The molecule has 0 bridgehead atoms. The van der Waals surface area contributed by atoms with E-state index in [1.165, 1.54) is 18.2 Å². The molecule has 0 aliphatic rings. The molecule has 0 unspecified atom stereocenters. The Kier molecular flexibility index (Phi) is 4.13. The van der Waals surface area contributed by atoms with E-state index in [1.807, 2.05) is 0 Å². The number of hydrogen-bond donors (Lipinski definition) is 1. The van der Waals surface area contributed by atoms with Gasteiger partial charge >= 0.3 is 5.97 Å². The number of hydrogen-bond acceptors (Lipinski definition) is 3. The third kappa shape index (κ3) is 3.13. The number of carboxylic acids is 1. The number of aliphatic carboxylic acids is 1. The molecule has 1 rings (SSSR count). The van der Waals surface area contributed by atoms with E-state index in [-0.39, 0.29) is 17.5 Å². The Balaban J connectivity index is 2.81. The molecule has 5 nitrogen and oxygen atoms in total. The second-order valence-electron chi connectivity index (χ2n) is 2.97. The second-order valence-corrected chi connectivity index (χ2v) is 3.34. The zero-order valence-corrected chi connectivity index (χ0v) is 9.11. The van der Waals surface area contributed by atoms with Gasteiger partial charge in [-0.3, -0.25) is 9.59 Å². The van der Waals surface area contributed by atoms with Crippen LogP contribution in [0.1, 0.15) is 10.6 Å². The fourth-order valence-corrected chi connectivity index (χ4v) is 1.27. The van der Waals surface area contributed by atoms with E-state index in [4.69, 9.17) is 21.1 Å². The standard InChI is InChI=1S/C10H10ClNO4/c1-2-5-12(6-9(13)14)10(15)7-3-4-8(11)16-7/h2-4H,1,5-6H2,(H,13,14). The highest BCUT2D eigenvalue weighted by Gasteiger charge is 2.20. The maximum Gasteiger partial charge on any atom is 0.323 e. The molecule has 0 fully saturated rings. The van der Waals surface area contributed by atoms with Crippen molar-refractivity contribution >= 4 is 23.5 Å². The molecule has 0 aliphatic heterocycles. The van der Waals surface area contributed by atoms with Gasteiger partial charge in [0.2, 0.25) is 0 Å². The van der Waals surface area contributed by atoms with Crippen molar-refractivity contribution in [2.24, 2.45) is 0 Å². The largest absolute Gasteiger partial charge is 0.480 e. The van der Waals surface area contributed by atoms with Crippen molar-refractivity contribution in [3.63, 3.8) is 0 Å². The van der Waals surface area contributed by atoms with Crippen LogP contribution in [0.2, 0.25) is 5.22 Å². The molecule has 0 radical (unpaired) electrons. The van der Waals surface area contributed by atoms with E-state index < -0.39 is 18.4 Å². The summed E-state index contributed by atoms with van der Waals surface area (Å²) in [5, 5.41) is 8.71. The number of amides is 1. The fraction of sp³-hybridized carbons (Fsp3) is 0.200. The fourth-order valence-electron chi connectivity index (χ4n) is 1.12. The average molecular weight is 244 g/mol. The highest BCUT2D eigenvalue weighted by atomic mass is 35.5. The van der Waals surface area contributed by atoms with Crippen LogP contribution in [0.15, 0.2) is 29.2 Å². The number of furan rings is 1. The zero-order valence-electron chi connectivity index (χ0n) is 8.35. The van der Waals surface area contributed by atoms with Gasteiger partial charge in [-0.2, -0.15) is 0 Å². The van der Waals surface area contributed by atoms with Gasteiger partial charge in [0.15, 0.2) is 11.0 Å². The lowest BCUT2D eigenvalue weighted by Gasteiger charge is -2.16. The maximum atomic E-state index is 11.7. The van der Waals surface area contributed by atoms with Gasteiger partial charge in [0.1, 0.15) is 6.54 Å². The lowest BCUT2D eigenvalue weighted by atomic mass is 10.3. The SMILES string of the molecule is C=CCN(CC(=O)O)C(=O)c1ccc(Cl)o1. The first-order valence-corrected chi connectivity index (χ1v) is 4.79. The average Bonchev–Trinajstić information content (AvgIpc) is 2.62. The maximum absolute atomic E-state index is 11.7. The summed E-state index contributed by atoms with van der Waals surface area (Å²) in [5.74, 6) is -1.63. The molecule has 1 aromatic heterocycles. The van der Waals surface area contributed by atoms with Crippen molar-refractivity contribution in [3.05, 3.63) is 35.8 Å². The smallest absolute Gasteiger partial charge is 0.323 e. The summed E-state index contributed by atoms with van der Waals surface area (Å²) in [6.07, 6.45) is 1.44. The van der Waals surface area contributed by atoms with Gasteiger partial charge in [-0.1, -0.05) is 6.08 Å². The van der Waals surface area contributed by atoms with Crippen LogP contribution in [0.3, 0.4) is 0 Å². The van der Waals surface area contributed by atoms with Gasteiger partial charge in [0.05, 0.1) is 0 Å². The topological polar surface area (TPSA) is 70.8 Å². The molecule has 1 aromatic rings. The van der Waals surface area contributed by atoms with Crippen molar-refractivity contribution < 1.29 is 19.1 Å². The van der Waals surface area contributed by atoms with Crippen LogP contribution in [-0.4, -0.2) is 35.0 Å². The molecule has 0 aromatic carbocycles. The van der Waals surface area contributed by atoms with Gasteiger partial charge in [-0.25, -0.2) is 0 Å². The Morgan fingerprint density at radius 1 is 1.56 bits per heavy atom.